The number of pyridine rings is 1. The summed E-state index contributed by atoms with van der Waals surface area (Å²) >= 11 is 0. The van der Waals surface area contributed by atoms with Gasteiger partial charge in [0, 0.05) is 25.3 Å². The molecule has 0 unspecified atom stereocenters. The Hall–Kier alpha value is -1.13. The van der Waals surface area contributed by atoms with E-state index in [4.69, 9.17) is 15.5 Å². The van der Waals surface area contributed by atoms with Gasteiger partial charge < -0.3 is 15.4 Å². The van der Waals surface area contributed by atoms with Crippen LogP contribution in [-0.2, 0) is 11.3 Å². The molecule has 0 radical (unpaired) electrons. The van der Waals surface area contributed by atoms with Crippen molar-refractivity contribution in [1.29, 1.82) is 0 Å². The minimum atomic E-state index is -0.180. The van der Waals surface area contributed by atoms with Gasteiger partial charge in [-0.25, -0.2) is 4.98 Å². The number of anilines is 1. The van der Waals surface area contributed by atoms with Crippen LogP contribution in [0.1, 0.15) is 58.7 Å². The molecule has 4 nitrogen and oxygen atoms in total. The lowest BCUT2D eigenvalue weighted by Gasteiger charge is -2.47. The molecule has 1 aliphatic rings. The van der Waals surface area contributed by atoms with Gasteiger partial charge in [-0.15, -0.1) is 0 Å². The molecule has 4 heteroatoms. The predicted molar refractivity (Wildman–Crippen MR) is 87.7 cm³/mol. The maximum atomic E-state index is 6.15. The maximum absolute atomic E-state index is 6.15. The summed E-state index contributed by atoms with van der Waals surface area (Å²) in [5.41, 5.74) is 7.74. The van der Waals surface area contributed by atoms with E-state index in [2.05, 4.69) is 58.6 Å². The van der Waals surface area contributed by atoms with Crippen molar-refractivity contribution >= 4 is 5.82 Å². The van der Waals surface area contributed by atoms with Crippen LogP contribution in [0, 0.1) is 0 Å². The zero-order valence-electron chi connectivity index (χ0n) is 14.2. The van der Waals surface area contributed by atoms with Gasteiger partial charge in [0.15, 0.2) is 0 Å². The highest BCUT2D eigenvalue weighted by atomic mass is 16.5. The van der Waals surface area contributed by atoms with Gasteiger partial charge in [-0.1, -0.05) is 13.8 Å². The third-order valence-corrected chi connectivity index (χ3v) is 3.74. The van der Waals surface area contributed by atoms with Gasteiger partial charge in [0.1, 0.15) is 5.82 Å². The van der Waals surface area contributed by atoms with Crippen molar-refractivity contribution in [3.63, 3.8) is 0 Å². The van der Waals surface area contributed by atoms with Crippen LogP contribution < -0.4 is 10.6 Å². The Morgan fingerprint density at radius 3 is 2.24 bits per heavy atom. The van der Waals surface area contributed by atoms with Crippen LogP contribution in [0.2, 0.25) is 0 Å². The zero-order valence-corrected chi connectivity index (χ0v) is 14.2. The van der Waals surface area contributed by atoms with Crippen molar-refractivity contribution < 1.29 is 4.74 Å². The molecule has 0 saturated carbocycles. The van der Waals surface area contributed by atoms with Crippen LogP contribution in [-0.4, -0.2) is 29.3 Å². The summed E-state index contributed by atoms with van der Waals surface area (Å²) < 4.78 is 6.15. The number of hydrogen-bond acceptors (Lipinski definition) is 4. The number of hydrogen-bond donors (Lipinski definition) is 1. The van der Waals surface area contributed by atoms with E-state index in [0.29, 0.717) is 12.5 Å². The molecule has 1 aromatic rings. The van der Waals surface area contributed by atoms with Gasteiger partial charge in [-0.05, 0) is 51.3 Å². The lowest BCUT2D eigenvalue weighted by Crippen LogP contribution is -2.57. The molecule has 0 bridgehead atoms. The third kappa shape index (κ3) is 3.95. The fourth-order valence-electron chi connectivity index (χ4n) is 3.12. The molecule has 0 atom stereocenters. The summed E-state index contributed by atoms with van der Waals surface area (Å²) in [5.74, 6) is 1.42. The molecule has 0 aliphatic carbocycles. The van der Waals surface area contributed by atoms with Crippen molar-refractivity contribution in [2.45, 2.75) is 65.2 Å². The number of nitrogens with two attached hydrogens (primary N) is 1. The first-order chi connectivity index (χ1) is 9.62. The van der Waals surface area contributed by atoms with E-state index in [-0.39, 0.29) is 11.2 Å². The first kappa shape index (κ1) is 16.2. The first-order valence-corrected chi connectivity index (χ1v) is 7.78. The minimum absolute atomic E-state index is 0.180. The fraction of sp³-hybridized carbons (Fsp3) is 0.706. The smallest absolute Gasteiger partial charge is 0.129 e. The van der Waals surface area contributed by atoms with E-state index in [1.165, 1.54) is 0 Å². The van der Waals surface area contributed by atoms with Gasteiger partial charge in [0.25, 0.3) is 0 Å². The lowest BCUT2D eigenvalue weighted by atomic mass is 9.98. The van der Waals surface area contributed by atoms with Crippen molar-refractivity contribution in [3.05, 3.63) is 23.4 Å². The van der Waals surface area contributed by atoms with Crippen molar-refractivity contribution in [2.24, 2.45) is 5.73 Å². The van der Waals surface area contributed by atoms with Gasteiger partial charge in [0.05, 0.1) is 11.2 Å². The largest absolute Gasteiger partial charge is 0.366 e. The number of aromatic nitrogens is 1. The molecule has 1 aromatic heterocycles. The molecule has 0 spiro atoms. The topological polar surface area (TPSA) is 51.4 Å². The average molecular weight is 291 g/mol. The maximum Gasteiger partial charge on any atom is 0.129 e. The molecule has 0 amide bonds. The average Bonchev–Trinajstić information content (AvgIpc) is 2.34. The lowest BCUT2D eigenvalue weighted by molar-refractivity contribution is -0.133. The summed E-state index contributed by atoms with van der Waals surface area (Å²) in [5, 5.41) is 0. The SMILES string of the molecule is CC(C)c1cc(CN)cc(N2CC(C)(C)OC(C)(C)C2)n1. The number of ether oxygens (including phenoxy) is 1. The Kier molecular flexibility index (Phi) is 4.31. The molecular formula is C17H29N3O. The highest BCUT2D eigenvalue weighted by molar-refractivity contribution is 5.45. The molecule has 2 heterocycles. The van der Waals surface area contributed by atoms with Crippen LogP contribution in [0.25, 0.3) is 0 Å². The molecular weight excluding hydrogens is 262 g/mol. The Morgan fingerprint density at radius 1 is 1.19 bits per heavy atom. The summed E-state index contributed by atoms with van der Waals surface area (Å²) in [4.78, 5) is 7.18. The highest BCUT2D eigenvalue weighted by Crippen LogP contribution is 2.31. The molecule has 0 aromatic carbocycles. The Bertz CT molecular complexity index is 493. The predicted octanol–water partition coefficient (Wildman–Crippen LogP) is 3.06. The summed E-state index contributed by atoms with van der Waals surface area (Å²) in [6, 6.07) is 4.23. The second-order valence-electron chi connectivity index (χ2n) is 7.59. The van der Waals surface area contributed by atoms with E-state index in [0.717, 1.165) is 30.2 Å². The fourth-order valence-corrected chi connectivity index (χ4v) is 3.12. The minimum Gasteiger partial charge on any atom is -0.366 e. The van der Waals surface area contributed by atoms with Crippen LogP contribution in [0.3, 0.4) is 0 Å². The summed E-state index contributed by atoms with van der Waals surface area (Å²) in [6.07, 6.45) is 0. The second-order valence-corrected chi connectivity index (χ2v) is 7.59. The molecule has 1 aliphatic heterocycles. The van der Waals surface area contributed by atoms with Crippen LogP contribution in [0.4, 0.5) is 5.82 Å². The Labute approximate surface area is 128 Å². The van der Waals surface area contributed by atoms with Gasteiger partial charge in [-0.3, -0.25) is 0 Å². The molecule has 1 saturated heterocycles. The summed E-state index contributed by atoms with van der Waals surface area (Å²) in [6.45, 7) is 15.1. The summed E-state index contributed by atoms with van der Waals surface area (Å²) in [7, 11) is 0. The van der Waals surface area contributed by atoms with Crippen LogP contribution in [0.15, 0.2) is 12.1 Å². The van der Waals surface area contributed by atoms with Gasteiger partial charge in [-0.2, -0.15) is 0 Å². The standard InChI is InChI=1S/C17H29N3O/c1-12(2)14-7-13(9-18)8-15(19-14)20-10-16(3,4)21-17(5,6)11-20/h7-8,12H,9-11,18H2,1-6H3. The van der Waals surface area contributed by atoms with Crippen molar-refractivity contribution in [2.75, 3.05) is 18.0 Å². The van der Waals surface area contributed by atoms with E-state index >= 15 is 0 Å². The van der Waals surface area contributed by atoms with E-state index < -0.39 is 0 Å². The normalized spacial score (nSPS) is 20.9. The first-order valence-electron chi connectivity index (χ1n) is 7.78. The van der Waals surface area contributed by atoms with Gasteiger partial charge >= 0.3 is 0 Å². The quantitative estimate of drug-likeness (QED) is 0.930. The third-order valence-electron chi connectivity index (χ3n) is 3.74. The van der Waals surface area contributed by atoms with E-state index in [1.807, 2.05) is 0 Å². The molecule has 118 valence electrons. The molecule has 21 heavy (non-hydrogen) atoms. The van der Waals surface area contributed by atoms with Crippen molar-refractivity contribution in [1.82, 2.24) is 4.98 Å². The van der Waals surface area contributed by atoms with E-state index in [1.54, 1.807) is 0 Å². The van der Waals surface area contributed by atoms with Gasteiger partial charge in [0.2, 0.25) is 0 Å². The monoisotopic (exact) mass is 291 g/mol. The Balaban J connectivity index is 2.38. The molecule has 2 rings (SSSR count). The van der Waals surface area contributed by atoms with Crippen LogP contribution >= 0.6 is 0 Å². The Morgan fingerprint density at radius 2 is 1.76 bits per heavy atom. The zero-order chi connectivity index (χ0) is 15.8. The second kappa shape index (κ2) is 5.58. The highest BCUT2D eigenvalue weighted by Gasteiger charge is 2.38. The number of morpholine rings is 1. The van der Waals surface area contributed by atoms with Crippen LogP contribution in [0.5, 0.6) is 0 Å². The molecule has 2 N–H and O–H groups in total. The number of nitrogens with zero attached hydrogens (tertiary/aromatic N) is 2. The van der Waals surface area contributed by atoms with E-state index in [9.17, 15) is 0 Å². The molecule has 1 fully saturated rings. The van der Waals surface area contributed by atoms with Crippen molar-refractivity contribution in [3.8, 4) is 0 Å². The number of rotatable bonds is 3.